The number of thiazole rings is 1. The molecule has 0 N–H and O–H groups in total. The zero-order valence-electron chi connectivity index (χ0n) is 13.0. The molecule has 6 heteroatoms. The molecule has 1 fully saturated rings. The number of rotatable bonds is 4. The van der Waals surface area contributed by atoms with Gasteiger partial charge in [0.2, 0.25) is 5.76 Å². The Labute approximate surface area is 134 Å². The lowest BCUT2D eigenvalue weighted by molar-refractivity contribution is 0.0569. The number of likely N-dealkylation sites (tertiary alicyclic amines) is 1. The van der Waals surface area contributed by atoms with Gasteiger partial charge in [-0.1, -0.05) is 19.0 Å². The second kappa shape index (κ2) is 6.60. The highest BCUT2D eigenvalue weighted by atomic mass is 32.1. The lowest BCUT2D eigenvalue weighted by Crippen LogP contribution is -2.38. The molecule has 0 saturated carbocycles. The average Bonchev–Trinajstić information content (AvgIpc) is 3.17. The van der Waals surface area contributed by atoms with E-state index in [0.29, 0.717) is 11.7 Å². The largest absolute Gasteiger partial charge is 0.351 e. The molecule has 1 atom stereocenters. The van der Waals surface area contributed by atoms with Gasteiger partial charge in [0, 0.05) is 24.2 Å². The number of hydrogen-bond donors (Lipinski definition) is 0. The van der Waals surface area contributed by atoms with E-state index in [-0.39, 0.29) is 11.9 Å². The van der Waals surface area contributed by atoms with E-state index in [1.807, 2.05) is 10.3 Å². The van der Waals surface area contributed by atoms with Crippen LogP contribution in [0.25, 0.3) is 0 Å². The molecule has 2 aromatic rings. The number of carbonyl (C=O) groups is 1. The van der Waals surface area contributed by atoms with Gasteiger partial charge in [-0.3, -0.25) is 4.79 Å². The molecule has 0 radical (unpaired) electrons. The topological polar surface area (TPSA) is 59.2 Å². The minimum absolute atomic E-state index is 0.0672. The maximum absolute atomic E-state index is 12.8. The van der Waals surface area contributed by atoms with Gasteiger partial charge < -0.3 is 9.42 Å². The van der Waals surface area contributed by atoms with Crippen molar-refractivity contribution in [2.45, 2.75) is 45.6 Å². The third kappa shape index (κ3) is 3.21. The van der Waals surface area contributed by atoms with E-state index in [0.717, 1.165) is 42.9 Å². The molecular formula is C16H21N3O2S. The first-order valence-electron chi connectivity index (χ1n) is 7.81. The molecule has 0 aromatic carbocycles. The Morgan fingerprint density at radius 3 is 3.09 bits per heavy atom. The van der Waals surface area contributed by atoms with Crippen LogP contribution < -0.4 is 0 Å². The Morgan fingerprint density at radius 2 is 2.36 bits per heavy atom. The lowest BCUT2D eigenvalue weighted by Gasteiger charge is -2.33. The molecule has 0 spiro atoms. The van der Waals surface area contributed by atoms with Crippen LogP contribution in [0.2, 0.25) is 0 Å². The highest BCUT2D eigenvalue weighted by Crippen LogP contribution is 2.33. The quantitative estimate of drug-likeness (QED) is 0.862. The first-order valence-corrected chi connectivity index (χ1v) is 8.69. The monoisotopic (exact) mass is 319 g/mol. The van der Waals surface area contributed by atoms with Crippen molar-refractivity contribution in [3.05, 3.63) is 34.1 Å². The molecule has 2 aromatic heterocycles. The Bertz CT molecular complexity index is 621. The summed E-state index contributed by atoms with van der Waals surface area (Å²) in [6.45, 7) is 5.00. The summed E-state index contributed by atoms with van der Waals surface area (Å²) in [5, 5.41) is 6.99. The molecule has 22 heavy (non-hydrogen) atoms. The van der Waals surface area contributed by atoms with Crippen LogP contribution in [0.3, 0.4) is 0 Å². The Hall–Kier alpha value is -1.69. The fraction of sp³-hybridized carbons (Fsp3) is 0.562. The minimum Gasteiger partial charge on any atom is -0.351 e. The van der Waals surface area contributed by atoms with Crippen molar-refractivity contribution < 1.29 is 9.32 Å². The number of nitrogens with zero attached hydrogens (tertiary/aromatic N) is 3. The van der Waals surface area contributed by atoms with Crippen LogP contribution in [0.1, 0.15) is 60.4 Å². The predicted molar refractivity (Wildman–Crippen MR) is 84.8 cm³/mol. The Morgan fingerprint density at radius 1 is 1.50 bits per heavy atom. The van der Waals surface area contributed by atoms with Gasteiger partial charge in [-0.2, -0.15) is 0 Å². The van der Waals surface area contributed by atoms with E-state index in [9.17, 15) is 4.79 Å². The van der Waals surface area contributed by atoms with E-state index in [4.69, 9.17) is 4.52 Å². The first kappa shape index (κ1) is 15.2. The predicted octanol–water partition coefficient (Wildman–Crippen LogP) is 3.70. The molecule has 0 unspecified atom stereocenters. The fourth-order valence-corrected chi connectivity index (χ4v) is 3.68. The molecule has 1 aliphatic heterocycles. The summed E-state index contributed by atoms with van der Waals surface area (Å²) >= 11 is 1.61. The van der Waals surface area contributed by atoms with E-state index >= 15 is 0 Å². The summed E-state index contributed by atoms with van der Waals surface area (Å²) in [6.07, 6.45) is 5.75. The summed E-state index contributed by atoms with van der Waals surface area (Å²) in [5.41, 5.74) is 0.848. The van der Waals surface area contributed by atoms with Crippen LogP contribution in [-0.4, -0.2) is 27.5 Å². The van der Waals surface area contributed by atoms with E-state index in [1.165, 1.54) is 0 Å². The highest BCUT2D eigenvalue weighted by Gasteiger charge is 2.32. The van der Waals surface area contributed by atoms with Crippen LogP contribution in [-0.2, 0) is 6.42 Å². The highest BCUT2D eigenvalue weighted by molar-refractivity contribution is 7.09. The Kier molecular flexibility index (Phi) is 4.57. The van der Waals surface area contributed by atoms with E-state index in [2.05, 4.69) is 24.0 Å². The van der Waals surface area contributed by atoms with E-state index < -0.39 is 0 Å². The number of piperidine rings is 1. The minimum atomic E-state index is -0.0672. The summed E-state index contributed by atoms with van der Waals surface area (Å²) in [6, 6.07) is 1.86. The van der Waals surface area contributed by atoms with Gasteiger partial charge in [0.15, 0.2) is 0 Å². The van der Waals surface area contributed by atoms with Crippen molar-refractivity contribution >= 4 is 17.2 Å². The average molecular weight is 319 g/mol. The molecule has 0 bridgehead atoms. The van der Waals surface area contributed by atoms with Crippen molar-refractivity contribution in [3.8, 4) is 0 Å². The second-order valence-corrected chi connectivity index (χ2v) is 7.09. The number of aromatic nitrogens is 2. The van der Waals surface area contributed by atoms with Gasteiger partial charge in [0.05, 0.1) is 11.7 Å². The lowest BCUT2D eigenvalue weighted by atomic mass is 10.0. The fourth-order valence-electron chi connectivity index (χ4n) is 2.90. The molecule has 1 aliphatic rings. The standard InChI is InChI=1S/C16H21N3O2S/c1-11(2)9-12-10-14(21-18-12)16(20)19-7-4-3-5-13(19)15-17-6-8-22-15/h6,8,10-11,13H,3-5,7,9H2,1-2H3/t13-/m1/s1. The normalized spacial score (nSPS) is 18.9. The van der Waals surface area contributed by atoms with Gasteiger partial charge in [0.25, 0.3) is 5.91 Å². The van der Waals surface area contributed by atoms with Gasteiger partial charge in [-0.25, -0.2) is 4.98 Å². The van der Waals surface area contributed by atoms with Crippen molar-refractivity contribution in [2.75, 3.05) is 6.54 Å². The van der Waals surface area contributed by atoms with Crippen molar-refractivity contribution in [3.63, 3.8) is 0 Å². The van der Waals surface area contributed by atoms with Crippen LogP contribution in [0.15, 0.2) is 22.2 Å². The maximum Gasteiger partial charge on any atom is 0.293 e. The van der Waals surface area contributed by atoms with Crippen LogP contribution in [0.4, 0.5) is 0 Å². The molecule has 0 aliphatic carbocycles. The van der Waals surface area contributed by atoms with Crippen LogP contribution >= 0.6 is 11.3 Å². The summed E-state index contributed by atoms with van der Waals surface area (Å²) in [7, 11) is 0. The SMILES string of the molecule is CC(C)Cc1cc(C(=O)N2CCCC[C@@H]2c2nccs2)on1. The molecule has 3 rings (SSSR count). The Balaban J connectivity index is 1.78. The zero-order chi connectivity index (χ0) is 15.5. The third-order valence-electron chi connectivity index (χ3n) is 3.89. The maximum atomic E-state index is 12.8. The van der Waals surface area contributed by atoms with Crippen molar-refractivity contribution in [1.82, 2.24) is 15.0 Å². The number of carbonyl (C=O) groups excluding carboxylic acids is 1. The van der Waals surface area contributed by atoms with Crippen molar-refractivity contribution in [2.24, 2.45) is 5.92 Å². The smallest absolute Gasteiger partial charge is 0.293 e. The number of amides is 1. The summed E-state index contributed by atoms with van der Waals surface area (Å²) in [5.74, 6) is 0.771. The van der Waals surface area contributed by atoms with Gasteiger partial charge in [-0.15, -0.1) is 11.3 Å². The van der Waals surface area contributed by atoms with Gasteiger partial charge in [-0.05, 0) is 31.6 Å². The zero-order valence-corrected chi connectivity index (χ0v) is 13.8. The summed E-state index contributed by atoms with van der Waals surface area (Å²) in [4.78, 5) is 19.1. The molecule has 5 nitrogen and oxygen atoms in total. The number of hydrogen-bond acceptors (Lipinski definition) is 5. The van der Waals surface area contributed by atoms with E-state index in [1.54, 1.807) is 23.6 Å². The molecule has 3 heterocycles. The van der Waals surface area contributed by atoms with Crippen molar-refractivity contribution in [1.29, 1.82) is 0 Å². The summed E-state index contributed by atoms with van der Waals surface area (Å²) < 4.78 is 5.29. The molecule has 118 valence electrons. The van der Waals surface area contributed by atoms with Gasteiger partial charge in [0.1, 0.15) is 5.01 Å². The van der Waals surface area contributed by atoms with Crippen LogP contribution in [0, 0.1) is 5.92 Å². The molecule has 1 amide bonds. The van der Waals surface area contributed by atoms with Gasteiger partial charge >= 0.3 is 0 Å². The second-order valence-electron chi connectivity index (χ2n) is 6.16. The molecular weight excluding hydrogens is 298 g/mol. The first-order chi connectivity index (χ1) is 10.6. The van der Waals surface area contributed by atoms with Crippen LogP contribution in [0.5, 0.6) is 0 Å². The molecule has 1 saturated heterocycles. The third-order valence-corrected chi connectivity index (χ3v) is 4.76.